The summed E-state index contributed by atoms with van der Waals surface area (Å²) in [5, 5.41) is 11.6. The van der Waals surface area contributed by atoms with Gasteiger partial charge < -0.3 is 10.4 Å². The second-order valence-corrected chi connectivity index (χ2v) is 15.7. The minimum absolute atomic E-state index is 0.179. The number of nitrogens with one attached hydrogen (secondary N) is 1. The number of amides is 1. The molecule has 0 aromatic rings. The molecule has 0 aromatic heterocycles. The van der Waals surface area contributed by atoms with Crippen LogP contribution in [0, 0.1) is 0 Å². The van der Waals surface area contributed by atoms with E-state index in [9.17, 15) is 9.59 Å². The molecule has 0 bridgehead atoms. The van der Waals surface area contributed by atoms with Crippen LogP contribution < -0.4 is 5.32 Å². The highest BCUT2D eigenvalue weighted by Crippen LogP contribution is 2.16. The lowest BCUT2D eigenvalue weighted by atomic mass is 10.0. The zero-order valence-corrected chi connectivity index (χ0v) is 35.0. The Morgan fingerprint density at radius 1 is 0.420 bits per heavy atom. The third kappa shape index (κ3) is 44.9. The number of unbranched alkanes of at least 4 members (excludes halogenated alkanes) is 32. The van der Waals surface area contributed by atoms with Crippen LogP contribution in [0.5, 0.6) is 0 Å². The van der Waals surface area contributed by atoms with Crippen molar-refractivity contribution in [1.82, 2.24) is 10.2 Å². The van der Waals surface area contributed by atoms with Crippen molar-refractivity contribution < 1.29 is 14.7 Å². The summed E-state index contributed by atoms with van der Waals surface area (Å²) in [6.45, 7) is 6.67. The van der Waals surface area contributed by atoms with Crippen LogP contribution >= 0.6 is 0 Å². The molecule has 1 atom stereocenters. The lowest BCUT2D eigenvalue weighted by molar-refractivity contribution is -0.137. The minimum Gasteiger partial charge on any atom is -0.481 e. The van der Waals surface area contributed by atoms with Crippen LogP contribution in [0.3, 0.4) is 0 Å². The van der Waals surface area contributed by atoms with Crippen LogP contribution in [0.25, 0.3) is 0 Å². The van der Waals surface area contributed by atoms with Crippen LogP contribution in [0.15, 0.2) is 0 Å². The van der Waals surface area contributed by atoms with Gasteiger partial charge in [0.1, 0.15) is 0 Å². The van der Waals surface area contributed by atoms with Gasteiger partial charge in [-0.25, -0.2) is 0 Å². The molecular weight excluding hydrogens is 617 g/mol. The number of nitrogens with zero attached hydrogens (tertiary/aromatic N) is 1. The fourth-order valence-electron chi connectivity index (χ4n) is 6.87. The summed E-state index contributed by atoms with van der Waals surface area (Å²) in [7, 11) is 4.04. The molecule has 0 fully saturated rings. The van der Waals surface area contributed by atoms with Gasteiger partial charge in [-0.3, -0.25) is 14.5 Å². The van der Waals surface area contributed by atoms with Crippen molar-refractivity contribution in [3.63, 3.8) is 0 Å². The molecule has 0 spiro atoms. The Labute approximate surface area is 314 Å². The number of carbonyl (C=O) groups excluding carboxylic acids is 1. The summed E-state index contributed by atoms with van der Waals surface area (Å²) in [5.41, 5.74) is 0. The van der Waals surface area contributed by atoms with Crippen LogP contribution in [-0.4, -0.2) is 42.1 Å². The van der Waals surface area contributed by atoms with Crippen LogP contribution in [0.4, 0.5) is 0 Å². The van der Waals surface area contributed by atoms with Crippen molar-refractivity contribution in [2.24, 2.45) is 0 Å². The molecule has 0 radical (unpaired) electrons. The maximum Gasteiger partial charge on any atom is 0.303 e. The molecule has 0 saturated carbocycles. The van der Waals surface area contributed by atoms with E-state index in [-0.39, 0.29) is 12.1 Å². The van der Waals surface area contributed by atoms with Gasteiger partial charge in [-0.15, -0.1) is 0 Å². The summed E-state index contributed by atoms with van der Waals surface area (Å²) < 4.78 is 0. The number of hydrogen-bond donors (Lipinski definition) is 2. The standard InChI is InChI=1S/C27H56N2O.C18H36O2/c1-5-7-8-9-10-11-12-13-14-15-16-17-18-19-20-21-22-23-24-25-27(30)28-26(6-2)29(3)4;1-2-3-4-5-6-7-8-9-10-11-12-13-14-15-16-17-18(19)20/h26H,5-25H2,1-4H3,(H,28,30);2-17H2,1H3,(H,19,20). The fraction of sp³-hybridized carbons (Fsp3) is 0.956. The van der Waals surface area contributed by atoms with Crippen molar-refractivity contribution in [2.45, 2.75) is 265 Å². The molecule has 2 N–H and O–H groups in total. The Bertz CT molecular complexity index is 669. The smallest absolute Gasteiger partial charge is 0.303 e. The van der Waals surface area contributed by atoms with Gasteiger partial charge >= 0.3 is 5.97 Å². The molecule has 300 valence electrons. The highest BCUT2D eigenvalue weighted by atomic mass is 16.4. The van der Waals surface area contributed by atoms with Gasteiger partial charge in [0.15, 0.2) is 0 Å². The molecule has 1 amide bonds. The van der Waals surface area contributed by atoms with Crippen molar-refractivity contribution in [3.05, 3.63) is 0 Å². The zero-order chi connectivity index (χ0) is 37.2. The SMILES string of the molecule is CCCCCCCCCCCCCCCCCC(=O)O.CCCCCCCCCCCCCCCCCCCCCC(=O)NC(CC)N(C)C. The average molecular weight is 709 g/mol. The van der Waals surface area contributed by atoms with Gasteiger partial charge in [0, 0.05) is 12.8 Å². The summed E-state index contributed by atoms with van der Waals surface area (Å²) in [6.07, 6.45) is 48.4. The van der Waals surface area contributed by atoms with Gasteiger partial charge in [0.2, 0.25) is 5.91 Å². The number of carboxylic acid groups (broad SMARTS) is 1. The Hall–Kier alpha value is -1.10. The Morgan fingerprint density at radius 3 is 0.880 bits per heavy atom. The number of hydrogen-bond acceptors (Lipinski definition) is 3. The molecule has 0 aliphatic carbocycles. The van der Waals surface area contributed by atoms with Gasteiger partial charge in [0.05, 0.1) is 6.17 Å². The molecule has 0 aliphatic rings. The minimum atomic E-state index is -0.653. The van der Waals surface area contributed by atoms with E-state index in [1.807, 2.05) is 14.1 Å². The van der Waals surface area contributed by atoms with E-state index in [0.29, 0.717) is 12.8 Å². The molecule has 50 heavy (non-hydrogen) atoms. The second-order valence-electron chi connectivity index (χ2n) is 15.7. The van der Waals surface area contributed by atoms with Crippen LogP contribution in [0.1, 0.15) is 258 Å². The van der Waals surface area contributed by atoms with Crippen molar-refractivity contribution >= 4 is 11.9 Å². The first-order valence-electron chi connectivity index (χ1n) is 22.6. The Kier molecular flexibility index (Phi) is 44.9. The second kappa shape index (κ2) is 44.1. The summed E-state index contributed by atoms with van der Waals surface area (Å²) in [5.74, 6) is -0.442. The van der Waals surface area contributed by atoms with Gasteiger partial charge in [-0.2, -0.15) is 0 Å². The van der Waals surface area contributed by atoms with E-state index in [1.165, 1.54) is 199 Å². The van der Waals surface area contributed by atoms with E-state index < -0.39 is 5.97 Å². The number of carboxylic acids is 1. The average Bonchev–Trinajstić information content (AvgIpc) is 3.10. The van der Waals surface area contributed by atoms with Crippen LogP contribution in [0.2, 0.25) is 0 Å². The van der Waals surface area contributed by atoms with E-state index >= 15 is 0 Å². The Balaban J connectivity index is 0. The fourth-order valence-corrected chi connectivity index (χ4v) is 6.87. The number of aliphatic carboxylic acids is 1. The molecule has 0 aliphatic heterocycles. The Morgan fingerprint density at radius 2 is 0.660 bits per heavy atom. The highest BCUT2D eigenvalue weighted by molar-refractivity contribution is 5.76. The summed E-state index contributed by atoms with van der Waals surface area (Å²) in [6, 6.07) is 0. The molecule has 5 heteroatoms. The quantitative estimate of drug-likeness (QED) is 0.0493. The zero-order valence-electron chi connectivity index (χ0n) is 35.0. The normalized spacial score (nSPS) is 11.8. The van der Waals surface area contributed by atoms with Gasteiger partial charge in [-0.1, -0.05) is 226 Å². The molecule has 1 unspecified atom stereocenters. The first-order valence-corrected chi connectivity index (χ1v) is 22.6. The van der Waals surface area contributed by atoms with E-state index in [4.69, 9.17) is 5.11 Å². The number of rotatable bonds is 39. The molecule has 0 saturated heterocycles. The first-order chi connectivity index (χ1) is 24.4. The van der Waals surface area contributed by atoms with Gasteiger partial charge in [0.25, 0.3) is 0 Å². The maximum atomic E-state index is 12.0. The van der Waals surface area contributed by atoms with Gasteiger partial charge in [-0.05, 0) is 33.4 Å². The monoisotopic (exact) mass is 709 g/mol. The van der Waals surface area contributed by atoms with E-state index in [0.717, 1.165) is 25.7 Å². The van der Waals surface area contributed by atoms with Crippen molar-refractivity contribution in [2.75, 3.05) is 14.1 Å². The largest absolute Gasteiger partial charge is 0.481 e. The van der Waals surface area contributed by atoms with Crippen molar-refractivity contribution in [1.29, 1.82) is 0 Å². The molecule has 5 nitrogen and oxygen atoms in total. The topological polar surface area (TPSA) is 69.6 Å². The summed E-state index contributed by atoms with van der Waals surface area (Å²) in [4.78, 5) is 24.4. The molecule has 0 heterocycles. The lowest BCUT2D eigenvalue weighted by Gasteiger charge is -2.23. The van der Waals surface area contributed by atoms with Crippen molar-refractivity contribution in [3.8, 4) is 0 Å². The van der Waals surface area contributed by atoms with E-state index in [2.05, 4.69) is 31.0 Å². The predicted octanol–water partition coefficient (Wildman–Crippen LogP) is 14.6. The molecule has 0 rings (SSSR count). The maximum absolute atomic E-state index is 12.0. The third-order valence-corrected chi connectivity index (χ3v) is 10.3. The molecule has 0 aromatic carbocycles. The van der Waals surface area contributed by atoms with Crippen LogP contribution in [-0.2, 0) is 9.59 Å². The number of carbonyl (C=O) groups is 2. The third-order valence-electron chi connectivity index (χ3n) is 10.3. The summed E-state index contributed by atoms with van der Waals surface area (Å²) >= 11 is 0. The highest BCUT2D eigenvalue weighted by Gasteiger charge is 2.11. The lowest BCUT2D eigenvalue weighted by Crippen LogP contribution is -2.44. The van der Waals surface area contributed by atoms with E-state index in [1.54, 1.807) is 0 Å². The predicted molar refractivity (Wildman–Crippen MR) is 221 cm³/mol. The molecular formula is C45H92N2O3. The first kappa shape index (κ1) is 51.0.